The van der Waals surface area contributed by atoms with Crippen LogP contribution in [-0.4, -0.2) is 25.7 Å². The normalized spacial score (nSPS) is 18.1. The van der Waals surface area contributed by atoms with Gasteiger partial charge >= 0.3 is 0 Å². The van der Waals surface area contributed by atoms with E-state index in [9.17, 15) is 13.5 Å². The number of primary sulfonamides is 1. The van der Waals surface area contributed by atoms with Crippen molar-refractivity contribution in [3.63, 3.8) is 0 Å². The molecule has 0 saturated heterocycles. The standard InChI is InChI=1S/C11H17N3O3S/c12-10-8(14-11(7-15)5-2-6-11)3-1-4-9(10)18(13,16)17/h1,3-4,14-15H,2,5-7,12H2,(H2,13,16,17). The van der Waals surface area contributed by atoms with Crippen molar-refractivity contribution in [2.45, 2.75) is 29.7 Å². The van der Waals surface area contributed by atoms with E-state index in [1.165, 1.54) is 6.07 Å². The predicted molar refractivity (Wildman–Crippen MR) is 69.5 cm³/mol. The Morgan fingerprint density at radius 3 is 2.50 bits per heavy atom. The van der Waals surface area contributed by atoms with E-state index in [0.717, 1.165) is 19.3 Å². The van der Waals surface area contributed by atoms with Crippen LogP contribution in [0.25, 0.3) is 0 Å². The fourth-order valence-corrected chi connectivity index (χ4v) is 2.80. The minimum Gasteiger partial charge on any atom is -0.396 e. The molecule has 1 fully saturated rings. The highest BCUT2D eigenvalue weighted by Crippen LogP contribution is 2.37. The second-order valence-electron chi connectivity index (χ2n) is 4.68. The minimum absolute atomic E-state index is 0.00789. The first-order valence-corrected chi connectivity index (χ1v) is 7.23. The van der Waals surface area contributed by atoms with Crippen molar-refractivity contribution in [1.29, 1.82) is 0 Å². The SMILES string of the molecule is Nc1c(NC2(CO)CCC2)cccc1S(N)(=O)=O. The molecular weight excluding hydrogens is 254 g/mol. The summed E-state index contributed by atoms with van der Waals surface area (Å²) in [7, 11) is -3.83. The molecular formula is C11H17N3O3S. The maximum Gasteiger partial charge on any atom is 0.240 e. The van der Waals surface area contributed by atoms with Crippen LogP contribution in [0.2, 0.25) is 0 Å². The molecule has 0 bridgehead atoms. The Balaban J connectivity index is 2.35. The number of nitrogens with two attached hydrogens (primary N) is 2. The number of hydrogen-bond donors (Lipinski definition) is 4. The molecule has 0 spiro atoms. The van der Waals surface area contributed by atoms with Crippen molar-refractivity contribution < 1.29 is 13.5 Å². The largest absolute Gasteiger partial charge is 0.396 e. The molecule has 6 N–H and O–H groups in total. The molecule has 1 aliphatic carbocycles. The molecule has 0 aromatic heterocycles. The molecule has 0 aliphatic heterocycles. The van der Waals surface area contributed by atoms with E-state index >= 15 is 0 Å². The highest BCUT2D eigenvalue weighted by Gasteiger charge is 2.36. The molecule has 0 heterocycles. The smallest absolute Gasteiger partial charge is 0.240 e. The van der Waals surface area contributed by atoms with Gasteiger partial charge in [0.25, 0.3) is 0 Å². The van der Waals surface area contributed by atoms with Gasteiger partial charge in [0, 0.05) is 0 Å². The van der Waals surface area contributed by atoms with Gasteiger partial charge in [0.2, 0.25) is 10.0 Å². The van der Waals surface area contributed by atoms with Gasteiger partial charge in [-0.25, -0.2) is 13.6 Å². The Hall–Kier alpha value is -1.31. The van der Waals surface area contributed by atoms with Crippen molar-refractivity contribution in [2.75, 3.05) is 17.7 Å². The van der Waals surface area contributed by atoms with Crippen molar-refractivity contribution in [1.82, 2.24) is 0 Å². The van der Waals surface area contributed by atoms with Gasteiger partial charge < -0.3 is 16.2 Å². The molecule has 1 saturated carbocycles. The Bertz CT molecular complexity index is 547. The fraction of sp³-hybridized carbons (Fsp3) is 0.455. The highest BCUT2D eigenvalue weighted by atomic mass is 32.2. The molecule has 0 atom stereocenters. The first-order valence-electron chi connectivity index (χ1n) is 5.68. The van der Waals surface area contributed by atoms with Crippen LogP contribution in [0.15, 0.2) is 23.1 Å². The van der Waals surface area contributed by atoms with E-state index in [2.05, 4.69) is 5.32 Å². The van der Waals surface area contributed by atoms with Crippen LogP contribution in [0.5, 0.6) is 0 Å². The van der Waals surface area contributed by atoms with Crippen molar-refractivity contribution in [3.8, 4) is 0 Å². The maximum absolute atomic E-state index is 11.3. The molecule has 0 radical (unpaired) electrons. The average Bonchev–Trinajstić information content (AvgIpc) is 2.24. The van der Waals surface area contributed by atoms with E-state index in [4.69, 9.17) is 10.9 Å². The van der Waals surface area contributed by atoms with Gasteiger partial charge in [-0.05, 0) is 31.4 Å². The van der Waals surface area contributed by atoms with Crippen LogP contribution >= 0.6 is 0 Å². The fourth-order valence-electron chi connectivity index (χ4n) is 2.11. The van der Waals surface area contributed by atoms with Gasteiger partial charge in [0.15, 0.2) is 0 Å². The molecule has 7 heteroatoms. The Labute approximate surface area is 106 Å². The molecule has 18 heavy (non-hydrogen) atoms. The molecule has 2 rings (SSSR count). The molecule has 0 amide bonds. The number of aliphatic hydroxyl groups is 1. The summed E-state index contributed by atoms with van der Waals surface area (Å²) in [6.45, 7) is -0.00789. The number of sulfonamides is 1. The second kappa shape index (κ2) is 4.42. The lowest BCUT2D eigenvalue weighted by molar-refractivity contribution is 0.144. The first-order chi connectivity index (χ1) is 8.38. The molecule has 6 nitrogen and oxygen atoms in total. The number of anilines is 2. The Kier molecular flexibility index (Phi) is 3.22. The topological polar surface area (TPSA) is 118 Å². The van der Waals surface area contributed by atoms with Gasteiger partial charge in [0.1, 0.15) is 4.90 Å². The number of rotatable bonds is 4. The summed E-state index contributed by atoms with van der Waals surface area (Å²) in [5.74, 6) is 0. The third-order valence-corrected chi connectivity index (χ3v) is 4.35. The molecule has 100 valence electrons. The number of aliphatic hydroxyl groups excluding tert-OH is 1. The third kappa shape index (κ3) is 2.29. The summed E-state index contributed by atoms with van der Waals surface area (Å²) in [5.41, 5.74) is 6.02. The lowest BCUT2D eigenvalue weighted by Gasteiger charge is -2.42. The minimum atomic E-state index is -3.83. The van der Waals surface area contributed by atoms with Crippen LogP contribution < -0.4 is 16.2 Å². The first kappa shape index (κ1) is 13.1. The number of para-hydroxylation sites is 1. The lowest BCUT2D eigenvalue weighted by Crippen LogP contribution is -2.48. The van der Waals surface area contributed by atoms with Crippen LogP contribution in [-0.2, 0) is 10.0 Å². The van der Waals surface area contributed by atoms with Gasteiger partial charge in [-0.3, -0.25) is 0 Å². The quantitative estimate of drug-likeness (QED) is 0.585. The predicted octanol–water partition coefficient (Wildman–Crippen LogP) is 0.243. The number of nitrogen functional groups attached to an aromatic ring is 1. The summed E-state index contributed by atoms with van der Waals surface area (Å²) >= 11 is 0. The van der Waals surface area contributed by atoms with Crippen molar-refractivity contribution in [3.05, 3.63) is 18.2 Å². The van der Waals surface area contributed by atoms with Gasteiger partial charge in [-0.2, -0.15) is 0 Å². The van der Waals surface area contributed by atoms with Gasteiger partial charge in [0.05, 0.1) is 23.5 Å². The highest BCUT2D eigenvalue weighted by molar-refractivity contribution is 7.89. The average molecular weight is 271 g/mol. The summed E-state index contributed by atoms with van der Waals surface area (Å²) < 4.78 is 22.7. The van der Waals surface area contributed by atoms with Crippen molar-refractivity contribution >= 4 is 21.4 Å². The van der Waals surface area contributed by atoms with Crippen LogP contribution in [0.4, 0.5) is 11.4 Å². The number of nitrogens with one attached hydrogen (secondary N) is 1. The summed E-state index contributed by atoms with van der Waals surface area (Å²) in [4.78, 5) is -0.0973. The second-order valence-corrected chi connectivity index (χ2v) is 6.21. The molecule has 1 aromatic rings. The third-order valence-electron chi connectivity index (χ3n) is 3.39. The van der Waals surface area contributed by atoms with Crippen LogP contribution in [0.3, 0.4) is 0 Å². The van der Waals surface area contributed by atoms with E-state index in [0.29, 0.717) is 5.69 Å². The molecule has 1 aromatic carbocycles. The zero-order valence-corrected chi connectivity index (χ0v) is 10.7. The van der Waals surface area contributed by atoms with E-state index in [-0.39, 0.29) is 22.7 Å². The van der Waals surface area contributed by atoms with E-state index in [1.807, 2.05) is 0 Å². The molecule has 1 aliphatic rings. The van der Waals surface area contributed by atoms with Crippen LogP contribution in [0.1, 0.15) is 19.3 Å². The Morgan fingerprint density at radius 1 is 1.39 bits per heavy atom. The number of hydrogen-bond acceptors (Lipinski definition) is 5. The van der Waals surface area contributed by atoms with Gasteiger partial charge in [-0.1, -0.05) is 6.07 Å². The maximum atomic E-state index is 11.3. The van der Waals surface area contributed by atoms with E-state index < -0.39 is 10.0 Å². The summed E-state index contributed by atoms with van der Waals surface area (Å²) in [5, 5.41) is 17.6. The van der Waals surface area contributed by atoms with E-state index in [1.54, 1.807) is 12.1 Å². The monoisotopic (exact) mass is 271 g/mol. The van der Waals surface area contributed by atoms with Crippen LogP contribution in [0, 0.1) is 0 Å². The van der Waals surface area contributed by atoms with Gasteiger partial charge in [-0.15, -0.1) is 0 Å². The zero-order valence-electron chi connectivity index (χ0n) is 9.89. The lowest BCUT2D eigenvalue weighted by atomic mass is 9.77. The molecule has 0 unspecified atom stereocenters. The zero-order chi connectivity index (χ0) is 13.4. The summed E-state index contributed by atoms with van der Waals surface area (Å²) in [6.07, 6.45) is 2.70. The Morgan fingerprint density at radius 2 is 2.06 bits per heavy atom. The summed E-state index contributed by atoms with van der Waals surface area (Å²) in [6, 6.07) is 4.62. The number of benzene rings is 1. The van der Waals surface area contributed by atoms with Crippen molar-refractivity contribution in [2.24, 2.45) is 5.14 Å².